The highest BCUT2D eigenvalue weighted by atomic mass is 32.2. The number of guanidine groups is 1. The van der Waals surface area contributed by atoms with Gasteiger partial charge in [-0.25, -0.2) is 17.7 Å². The molecule has 160 valence electrons. The van der Waals surface area contributed by atoms with Gasteiger partial charge in [0.2, 0.25) is 15.2 Å². The van der Waals surface area contributed by atoms with Gasteiger partial charge >= 0.3 is 0 Å². The van der Waals surface area contributed by atoms with E-state index in [2.05, 4.69) is 38.3 Å². The lowest BCUT2D eigenvalue weighted by molar-refractivity contribution is 0.371. The van der Waals surface area contributed by atoms with Crippen LogP contribution in [0.2, 0.25) is 0 Å². The summed E-state index contributed by atoms with van der Waals surface area (Å²) in [6.45, 7) is 11.9. The molecule has 0 aliphatic carbocycles. The first-order valence-electron chi connectivity index (χ1n) is 9.94. The second kappa shape index (κ2) is 10.9. The SMILES string of the molecule is CCNC(=NCCCN(CC)S(C)(=O)=O)N1CCN(c2nc(CC)ns2)CC1. The highest BCUT2D eigenvalue weighted by Gasteiger charge is 2.22. The van der Waals surface area contributed by atoms with E-state index in [0.29, 0.717) is 26.1 Å². The Bertz CT molecular complexity index is 728. The van der Waals surface area contributed by atoms with Crippen LogP contribution in [0.5, 0.6) is 0 Å². The average molecular weight is 432 g/mol. The van der Waals surface area contributed by atoms with Crippen LogP contribution >= 0.6 is 11.5 Å². The second-order valence-corrected chi connectivity index (χ2v) is 9.38. The van der Waals surface area contributed by atoms with Crippen LogP contribution in [0, 0.1) is 0 Å². The van der Waals surface area contributed by atoms with Gasteiger partial charge in [0, 0.05) is 70.3 Å². The fourth-order valence-electron chi connectivity index (χ4n) is 3.04. The van der Waals surface area contributed by atoms with E-state index in [1.165, 1.54) is 22.1 Å². The van der Waals surface area contributed by atoms with Crippen molar-refractivity contribution in [2.45, 2.75) is 33.6 Å². The summed E-state index contributed by atoms with van der Waals surface area (Å²) in [6, 6.07) is 0. The Morgan fingerprint density at radius 2 is 1.96 bits per heavy atom. The van der Waals surface area contributed by atoms with Crippen molar-refractivity contribution in [1.82, 2.24) is 23.9 Å². The maximum Gasteiger partial charge on any atom is 0.211 e. The molecular weight excluding hydrogens is 398 g/mol. The third kappa shape index (κ3) is 6.56. The highest BCUT2D eigenvalue weighted by Crippen LogP contribution is 2.19. The van der Waals surface area contributed by atoms with Crippen LogP contribution in [-0.4, -0.2) is 91.6 Å². The molecule has 0 atom stereocenters. The van der Waals surface area contributed by atoms with Crippen molar-refractivity contribution in [3.05, 3.63) is 5.82 Å². The summed E-state index contributed by atoms with van der Waals surface area (Å²) in [6.07, 6.45) is 2.83. The first-order valence-corrected chi connectivity index (χ1v) is 12.6. The summed E-state index contributed by atoms with van der Waals surface area (Å²) < 4.78 is 29.2. The van der Waals surface area contributed by atoms with E-state index in [1.54, 1.807) is 0 Å². The zero-order chi connectivity index (χ0) is 20.6. The maximum atomic E-state index is 11.7. The lowest BCUT2D eigenvalue weighted by Crippen LogP contribution is -2.52. The molecule has 1 aromatic rings. The normalized spacial score (nSPS) is 16.1. The second-order valence-electron chi connectivity index (χ2n) is 6.66. The van der Waals surface area contributed by atoms with Gasteiger partial charge < -0.3 is 15.1 Å². The molecule has 0 bridgehead atoms. The largest absolute Gasteiger partial charge is 0.357 e. The quantitative estimate of drug-likeness (QED) is 0.352. The molecule has 11 heteroatoms. The molecule has 2 heterocycles. The zero-order valence-electron chi connectivity index (χ0n) is 17.4. The van der Waals surface area contributed by atoms with Gasteiger partial charge in [-0.1, -0.05) is 13.8 Å². The first-order chi connectivity index (χ1) is 13.4. The van der Waals surface area contributed by atoms with E-state index >= 15 is 0 Å². The Morgan fingerprint density at radius 3 is 2.50 bits per heavy atom. The molecule has 0 radical (unpaired) electrons. The smallest absolute Gasteiger partial charge is 0.211 e. The average Bonchev–Trinajstić information content (AvgIpc) is 3.15. The van der Waals surface area contributed by atoms with Crippen LogP contribution in [0.1, 0.15) is 33.0 Å². The Balaban J connectivity index is 1.87. The van der Waals surface area contributed by atoms with Crippen molar-refractivity contribution in [2.24, 2.45) is 4.99 Å². The number of piperazine rings is 1. The number of aryl methyl sites for hydroxylation is 1. The summed E-state index contributed by atoms with van der Waals surface area (Å²) in [7, 11) is -3.14. The predicted molar refractivity (Wildman–Crippen MR) is 116 cm³/mol. The van der Waals surface area contributed by atoms with Crippen molar-refractivity contribution in [2.75, 3.05) is 63.5 Å². The van der Waals surface area contributed by atoms with E-state index in [9.17, 15) is 8.42 Å². The molecule has 1 N–H and O–H groups in total. The number of hydrogen-bond donors (Lipinski definition) is 1. The number of nitrogens with one attached hydrogen (secondary N) is 1. The number of anilines is 1. The van der Waals surface area contributed by atoms with Gasteiger partial charge in [0.15, 0.2) is 5.96 Å². The molecule has 1 saturated heterocycles. The molecule has 1 fully saturated rings. The van der Waals surface area contributed by atoms with Crippen LogP contribution in [0.15, 0.2) is 4.99 Å². The Kier molecular flexibility index (Phi) is 8.90. The number of rotatable bonds is 9. The van der Waals surface area contributed by atoms with Gasteiger partial charge in [-0.3, -0.25) is 4.99 Å². The van der Waals surface area contributed by atoms with Gasteiger partial charge in [-0.2, -0.15) is 4.37 Å². The fraction of sp³-hybridized carbons (Fsp3) is 0.824. The van der Waals surface area contributed by atoms with E-state index in [0.717, 1.165) is 56.1 Å². The molecular formula is C17H33N7O2S2. The van der Waals surface area contributed by atoms with Crippen molar-refractivity contribution in [3.63, 3.8) is 0 Å². The lowest BCUT2D eigenvalue weighted by atomic mass is 10.3. The van der Waals surface area contributed by atoms with E-state index in [1.807, 2.05) is 6.92 Å². The van der Waals surface area contributed by atoms with Crippen molar-refractivity contribution < 1.29 is 8.42 Å². The summed E-state index contributed by atoms with van der Waals surface area (Å²) in [5, 5.41) is 4.35. The first kappa shape index (κ1) is 22.8. The molecule has 0 unspecified atom stereocenters. The molecule has 1 aliphatic rings. The highest BCUT2D eigenvalue weighted by molar-refractivity contribution is 7.88. The van der Waals surface area contributed by atoms with Gasteiger partial charge in [0.05, 0.1) is 6.26 Å². The van der Waals surface area contributed by atoms with E-state index in [-0.39, 0.29) is 0 Å². The molecule has 1 aromatic heterocycles. The zero-order valence-corrected chi connectivity index (χ0v) is 19.0. The minimum atomic E-state index is -3.14. The summed E-state index contributed by atoms with van der Waals surface area (Å²) in [5.74, 6) is 1.81. The van der Waals surface area contributed by atoms with Gasteiger partial charge in [0.1, 0.15) is 5.82 Å². The van der Waals surface area contributed by atoms with Crippen LogP contribution in [0.3, 0.4) is 0 Å². The predicted octanol–water partition coefficient (Wildman–Crippen LogP) is 0.860. The van der Waals surface area contributed by atoms with Crippen LogP contribution in [-0.2, 0) is 16.4 Å². The van der Waals surface area contributed by atoms with Gasteiger partial charge in [-0.15, -0.1) is 0 Å². The van der Waals surface area contributed by atoms with E-state index < -0.39 is 10.0 Å². The summed E-state index contributed by atoms with van der Waals surface area (Å²) in [5.41, 5.74) is 0. The number of nitrogens with zero attached hydrogens (tertiary/aromatic N) is 6. The molecule has 1 aliphatic heterocycles. The lowest BCUT2D eigenvalue weighted by Gasteiger charge is -2.36. The molecule has 0 aromatic carbocycles. The molecule has 0 amide bonds. The van der Waals surface area contributed by atoms with Gasteiger partial charge in [0.25, 0.3) is 0 Å². The minimum absolute atomic E-state index is 0.496. The Labute approximate surface area is 173 Å². The minimum Gasteiger partial charge on any atom is -0.357 e. The van der Waals surface area contributed by atoms with Crippen molar-refractivity contribution in [3.8, 4) is 0 Å². The summed E-state index contributed by atoms with van der Waals surface area (Å²) in [4.78, 5) is 13.8. The van der Waals surface area contributed by atoms with Crippen LogP contribution in [0.4, 0.5) is 5.13 Å². The number of aliphatic imine (C=N–C) groups is 1. The Hall–Kier alpha value is -1.46. The van der Waals surface area contributed by atoms with Crippen LogP contribution in [0.25, 0.3) is 0 Å². The number of aromatic nitrogens is 2. The summed E-state index contributed by atoms with van der Waals surface area (Å²) >= 11 is 1.47. The molecule has 0 spiro atoms. The fourth-order valence-corrected chi connectivity index (χ4v) is 4.77. The standard InChI is InChI=1S/C17H33N7O2S2/c1-5-15-20-17(27-21-15)23-13-11-22(12-14-23)16(18-6-2)19-9-8-10-24(7-3)28(4,25)26/h5-14H2,1-4H3,(H,18,19). The number of sulfonamides is 1. The molecule has 9 nitrogen and oxygen atoms in total. The number of hydrogen-bond acceptors (Lipinski definition) is 7. The molecule has 2 rings (SSSR count). The molecule has 28 heavy (non-hydrogen) atoms. The Morgan fingerprint density at radius 1 is 1.25 bits per heavy atom. The monoisotopic (exact) mass is 431 g/mol. The van der Waals surface area contributed by atoms with Crippen molar-refractivity contribution in [1.29, 1.82) is 0 Å². The maximum absolute atomic E-state index is 11.7. The van der Waals surface area contributed by atoms with Crippen molar-refractivity contribution >= 4 is 32.6 Å². The van der Waals surface area contributed by atoms with Crippen LogP contribution < -0.4 is 10.2 Å². The molecule has 0 saturated carbocycles. The third-order valence-electron chi connectivity index (χ3n) is 4.61. The topological polar surface area (TPSA) is 94.0 Å². The third-order valence-corrected chi connectivity index (χ3v) is 6.80. The van der Waals surface area contributed by atoms with E-state index in [4.69, 9.17) is 4.99 Å². The van der Waals surface area contributed by atoms with Gasteiger partial charge in [-0.05, 0) is 13.3 Å².